The monoisotopic (exact) mass is 338 g/mol. The average molecular weight is 339 g/mol. The Labute approximate surface area is 126 Å². The van der Waals surface area contributed by atoms with Gasteiger partial charge in [0.15, 0.2) is 17.4 Å². The first kappa shape index (κ1) is 16.5. The Kier molecular flexibility index (Phi) is 4.58. The highest BCUT2D eigenvalue weighted by atomic mass is 35.5. The predicted octanol–water partition coefficient (Wildman–Crippen LogP) is 4.92. The van der Waals surface area contributed by atoms with Crippen molar-refractivity contribution in [1.29, 1.82) is 0 Å². The Morgan fingerprint density at radius 1 is 1.05 bits per heavy atom. The fourth-order valence-corrected chi connectivity index (χ4v) is 1.99. The number of aliphatic hydroxyl groups excluding tert-OH is 1. The molecule has 0 unspecified atom stereocenters. The molecule has 0 fully saturated rings. The highest BCUT2D eigenvalue weighted by Gasteiger charge is 2.33. The lowest BCUT2D eigenvalue weighted by molar-refractivity contribution is -0.137. The van der Waals surface area contributed by atoms with Gasteiger partial charge < -0.3 is 9.84 Å². The number of ether oxygens (including phenoxy) is 1. The van der Waals surface area contributed by atoms with E-state index in [2.05, 4.69) is 0 Å². The third kappa shape index (κ3) is 3.48. The largest absolute Gasteiger partial charge is 0.451 e. The van der Waals surface area contributed by atoms with Crippen LogP contribution in [0.2, 0.25) is 5.02 Å². The van der Waals surface area contributed by atoms with Gasteiger partial charge in [0.05, 0.1) is 17.2 Å². The molecule has 0 saturated carbocycles. The Morgan fingerprint density at radius 3 is 2.09 bits per heavy atom. The molecule has 8 heteroatoms. The highest BCUT2D eigenvalue weighted by molar-refractivity contribution is 6.31. The number of benzene rings is 2. The summed E-state index contributed by atoms with van der Waals surface area (Å²) in [6, 6.07) is 4.06. The van der Waals surface area contributed by atoms with Gasteiger partial charge in [0.25, 0.3) is 0 Å². The minimum atomic E-state index is -4.64. The molecule has 2 aromatic rings. The molecule has 0 radical (unpaired) electrons. The first-order valence-electron chi connectivity index (χ1n) is 5.85. The SMILES string of the molecule is OCc1cc(F)c(Oc2ccc(C(F)(F)F)c(Cl)c2)c(F)c1. The van der Waals surface area contributed by atoms with Gasteiger partial charge in [-0.15, -0.1) is 0 Å². The molecule has 1 N–H and O–H groups in total. The minimum absolute atomic E-state index is 0.00667. The summed E-state index contributed by atoms with van der Waals surface area (Å²) in [5, 5.41) is 8.16. The van der Waals surface area contributed by atoms with Gasteiger partial charge in [0, 0.05) is 6.07 Å². The Balaban J connectivity index is 2.34. The van der Waals surface area contributed by atoms with Crippen molar-refractivity contribution < 1.29 is 31.8 Å². The van der Waals surface area contributed by atoms with E-state index in [4.69, 9.17) is 21.4 Å². The molecule has 2 rings (SSSR count). The normalized spacial score (nSPS) is 11.6. The van der Waals surface area contributed by atoms with E-state index in [1.165, 1.54) is 0 Å². The Bertz CT molecular complexity index is 677. The first-order chi connectivity index (χ1) is 10.2. The van der Waals surface area contributed by atoms with Crippen LogP contribution in [0.5, 0.6) is 11.5 Å². The molecule has 0 heterocycles. The van der Waals surface area contributed by atoms with Crippen molar-refractivity contribution in [3.05, 3.63) is 58.1 Å². The van der Waals surface area contributed by atoms with Crippen LogP contribution in [0.1, 0.15) is 11.1 Å². The van der Waals surface area contributed by atoms with E-state index in [0.717, 1.165) is 24.3 Å². The average Bonchev–Trinajstić information content (AvgIpc) is 2.41. The lowest BCUT2D eigenvalue weighted by Crippen LogP contribution is -2.05. The van der Waals surface area contributed by atoms with Gasteiger partial charge in [-0.05, 0) is 29.8 Å². The quantitative estimate of drug-likeness (QED) is 0.805. The van der Waals surface area contributed by atoms with Crippen molar-refractivity contribution in [2.24, 2.45) is 0 Å². The van der Waals surface area contributed by atoms with Gasteiger partial charge in [0.2, 0.25) is 0 Å². The topological polar surface area (TPSA) is 29.5 Å². The van der Waals surface area contributed by atoms with E-state index in [9.17, 15) is 22.0 Å². The minimum Gasteiger partial charge on any atom is -0.451 e. The van der Waals surface area contributed by atoms with Crippen molar-refractivity contribution in [1.82, 2.24) is 0 Å². The summed E-state index contributed by atoms with van der Waals surface area (Å²) in [7, 11) is 0. The molecule has 2 nitrogen and oxygen atoms in total. The number of hydrogen-bond acceptors (Lipinski definition) is 2. The third-order valence-electron chi connectivity index (χ3n) is 2.71. The van der Waals surface area contributed by atoms with Gasteiger partial charge in [-0.1, -0.05) is 11.6 Å². The van der Waals surface area contributed by atoms with E-state index < -0.39 is 40.8 Å². The summed E-state index contributed by atoms with van der Waals surface area (Å²) < 4.78 is 69.9. The van der Waals surface area contributed by atoms with Crippen molar-refractivity contribution >= 4 is 11.6 Å². The molecular weight excluding hydrogens is 331 g/mol. The Morgan fingerprint density at radius 2 is 1.64 bits per heavy atom. The first-order valence-corrected chi connectivity index (χ1v) is 6.23. The van der Waals surface area contributed by atoms with E-state index >= 15 is 0 Å². The lowest BCUT2D eigenvalue weighted by Gasteiger charge is -2.12. The van der Waals surface area contributed by atoms with Crippen LogP contribution in [-0.2, 0) is 12.8 Å². The summed E-state index contributed by atoms with van der Waals surface area (Å²) in [6.45, 7) is -0.569. The summed E-state index contributed by atoms with van der Waals surface area (Å²) >= 11 is 5.49. The van der Waals surface area contributed by atoms with Gasteiger partial charge >= 0.3 is 6.18 Å². The van der Waals surface area contributed by atoms with Crippen LogP contribution >= 0.6 is 11.6 Å². The van der Waals surface area contributed by atoms with Crippen LogP contribution in [0, 0.1) is 11.6 Å². The van der Waals surface area contributed by atoms with E-state index in [-0.39, 0.29) is 11.3 Å². The number of hydrogen-bond donors (Lipinski definition) is 1. The van der Waals surface area contributed by atoms with Crippen LogP contribution < -0.4 is 4.74 Å². The maximum absolute atomic E-state index is 13.7. The molecule has 0 aliphatic carbocycles. The molecular formula is C14H8ClF5O2. The summed E-state index contributed by atoms with van der Waals surface area (Å²) in [5.41, 5.74) is -1.09. The maximum atomic E-state index is 13.7. The summed E-state index contributed by atoms with van der Waals surface area (Å²) in [5.74, 6) is -3.25. The van der Waals surface area contributed by atoms with Crippen LogP contribution in [0.4, 0.5) is 22.0 Å². The number of aliphatic hydroxyl groups is 1. The molecule has 22 heavy (non-hydrogen) atoms. The maximum Gasteiger partial charge on any atom is 0.417 e. The highest BCUT2D eigenvalue weighted by Crippen LogP contribution is 2.38. The second kappa shape index (κ2) is 6.10. The lowest BCUT2D eigenvalue weighted by atomic mass is 10.2. The molecule has 0 aliphatic rings. The molecule has 0 atom stereocenters. The standard InChI is InChI=1S/C14H8ClF5O2/c15-10-5-8(1-2-9(10)14(18,19)20)22-13-11(16)3-7(6-21)4-12(13)17/h1-5,21H,6H2. The van der Waals surface area contributed by atoms with E-state index in [0.29, 0.717) is 6.07 Å². The molecule has 0 spiro atoms. The van der Waals surface area contributed by atoms with Crippen LogP contribution in [0.25, 0.3) is 0 Å². The molecule has 0 saturated heterocycles. The van der Waals surface area contributed by atoms with Crippen molar-refractivity contribution in [3.8, 4) is 11.5 Å². The molecule has 0 amide bonds. The molecule has 2 aromatic carbocycles. The predicted molar refractivity (Wildman–Crippen MR) is 68.8 cm³/mol. The van der Waals surface area contributed by atoms with Gasteiger partial charge in [-0.25, -0.2) is 8.78 Å². The van der Waals surface area contributed by atoms with Crippen molar-refractivity contribution in [3.63, 3.8) is 0 Å². The van der Waals surface area contributed by atoms with E-state index in [1.54, 1.807) is 0 Å². The zero-order valence-electron chi connectivity index (χ0n) is 10.7. The second-order valence-corrected chi connectivity index (χ2v) is 4.70. The van der Waals surface area contributed by atoms with Crippen molar-refractivity contribution in [2.45, 2.75) is 12.8 Å². The molecule has 118 valence electrons. The second-order valence-electron chi connectivity index (χ2n) is 4.29. The molecule has 0 aromatic heterocycles. The molecule has 0 aliphatic heterocycles. The summed E-state index contributed by atoms with van der Waals surface area (Å²) in [4.78, 5) is 0. The third-order valence-corrected chi connectivity index (χ3v) is 3.02. The molecule has 0 bridgehead atoms. The van der Waals surface area contributed by atoms with Crippen molar-refractivity contribution in [2.75, 3.05) is 0 Å². The van der Waals surface area contributed by atoms with E-state index in [1.807, 2.05) is 0 Å². The van der Waals surface area contributed by atoms with Gasteiger partial charge in [-0.3, -0.25) is 0 Å². The van der Waals surface area contributed by atoms with Crippen LogP contribution in [-0.4, -0.2) is 5.11 Å². The summed E-state index contributed by atoms with van der Waals surface area (Å²) in [6.07, 6.45) is -4.64. The number of halogens is 6. The zero-order chi connectivity index (χ0) is 16.5. The fourth-order valence-electron chi connectivity index (χ4n) is 1.71. The fraction of sp³-hybridized carbons (Fsp3) is 0.143. The number of alkyl halides is 3. The van der Waals surface area contributed by atoms with Gasteiger partial charge in [0.1, 0.15) is 5.75 Å². The Hall–Kier alpha value is -1.86. The van der Waals surface area contributed by atoms with Crippen LogP contribution in [0.3, 0.4) is 0 Å². The zero-order valence-corrected chi connectivity index (χ0v) is 11.5. The van der Waals surface area contributed by atoms with Gasteiger partial charge in [-0.2, -0.15) is 13.2 Å². The smallest absolute Gasteiger partial charge is 0.417 e. The van der Waals surface area contributed by atoms with Crippen LogP contribution in [0.15, 0.2) is 30.3 Å². The number of rotatable bonds is 3.